The molecule has 0 aliphatic rings. The maximum atomic E-state index is 13.5. The molecule has 5 rings (SSSR count). The molecule has 2 nitrogen and oxygen atoms in total. The van der Waals surface area contributed by atoms with Crippen LogP contribution in [0.3, 0.4) is 0 Å². The van der Waals surface area contributed by atoms with Crippen LogP contribution in [0.15, 0.2) is 108 Å². The Balaban J connectivity index is 1.88. The highest BCUT2D eigenvalue weighted by Crippen LogP contribution is 2.34. The van der Waals surface area contributed by atoms with Gasteiger partial charge in [-0.25, -0.2) is 0 Å². The summed E-state index contributed by atoms with van der Waals surface area (Å²) in [5.41, 5.74) is 7.02. The molecule has 0 atom stereocenters. The number of hydrogen-bond donors (Lipinski definition) is 1. The van der Waals surface area contributed by atoms with Gasteiger partial charge in [0.15, 0.2) is 0 Å². The van der Waals surface area contributed by atoms with E-state index in [1.165, 1.54) is 0 Å². The summed E-state index contributed by atoms with van der Waals surface area (Å²) in [5, 5.41) is 0.708. The van der Waals surface area contributed by atoms with Crippen molar-refractivity contribution in [2.75, 3.05) is 0 Å². The molecule has 0 radical (unpaired) electrons. The quantitative estimate of drug-likeness (QED) is 0.263. The molecule has 4 aromatic carbocycles. The van der Waals surface area contributed by atoms with Gasteiger partial charge in [-0.15, -0.1) is 0 Å². The van der Waals surface area contributed by atoms with Crippen LogP contribution in [0, 0.1) is 3.57 Å². The van der Waals surface area contributed by atoms with E-state index in [9.17, 15) is 4.79 Å². The van der Waals surface area contributed by atoms with Crippen molar-refractivity contribution in [2.45, 2.75) is 0 Å². The summed E-state index contributed by atoms with van der Waals surface area (Å²) in [6.07, 6.45) is 0. The van der Waals surface area contributed by atoms with Crippen LogP contribution >= 0.6 is 22.6 Å². The fourth-order valence-electron chi connectivity index (χ4n) is 3.81. The number of nitrogens with one attached hydrogen (secondary N) is 1. The maximum absolute atomic E-state index is 13.5. The van der Waals surface area contributed by atoms with Crippen molar-refractivity contribution >= 4 is 33.5 Å². The van der Waals surface area contributed by atoms with Crippen molar-refractivity contribution in [1.82, 2.24) is 4.98 Å². The van der Waals surface area contributed by atoms with E-state index in [-0.39, 0.29) is 5.43 Å². The predicted octanol–water partition coefficient (Wildman–Crippen LogP) is 7.13. The zero-order chi connectivity index (χ0) is 20.5. The second-order valence-corrected chi connectivity index (χ2v) is 8.27. The first-order valence-corrected chi connectivity index (χ1v) is 10.9. The number of halogens is 1. The molecule has 5 aromatic rings. The SMILES string of the molecule is O=c1c(I)c(-c2ccccc2)[nH]c2c(-c3ccccc3)cc(-c3ccccc3)cc12. The van der Waals surface area contributed by atoms with Crippen LogP contribution in [-0.4, -0.2) is 4.98 Å². The Morgan fingerprint density at radius 1 is 0.600 bits per heavy atom. The summed E-state index contributed by atoms with van der Waals surface area (Å²) >= 11 is 2.17. The van der Waals surface area contributed by atoms with Gasteiger partial charge in [-0.05, 0) is 57.0 Å². The molecule has 1 N–H and O–H groups in total. The van der Waals surface area contributed by atoms with Gasteiger partial charge >= 0.3 is 0 Å². The second kappa shape index (κ2) is 7.92. The zero-order valence-electron chi connectivity index (χ0n) is 16.1. The fourth-order valence-corrected chi connectivity index (χ4v) is 4.55. The Kier molecular flexibility index (Phi) is 4.97. The molecule has 0 aliphatic heterocycles. The molecular weight excluding hydrogens is 481 g/mol. The molecule has 0 aliphatic carbocycles. The Morgan fingerprint density at radius 2 is 1.13 bits per heavy atom. The minimum absolute atomic E-state index is 0.0539. The summed E-state index contributed by atoms with van der Waals surface area (Å²) in [4.78, 5) is 17.1. The van der Waals surface area contributed by atoms with E-state index in [0.29, 0.717) is 8.96 Å². The van der Waals surface area contributed by atoms with Gasteiger partial charge in [0.25, 0.3) is 0 Å². The zero-order valence-corrected chi connectivity index (χ0v) is 18.3. The molecule has 0 unspecified atom stereocenters. The van der Waals surface area contributed by atoms with Gasteiger partial charge in [-0.2, -0.15) is 0 Å². The monoisotopic (exact) mass is 499 g/mol. The van der Waals surface area contributed by atoms with E-state index in [1.54, 1.807) is 0 Å². The molecule has 1 heterocycles. The van der Waals surface area contributed by atoms with Crippen molar-refractivity contribution in [2.24, 2.45) is 0 Å². The summed E-state index contributed by atoms with van der Waals surface area (Å²) in [6, 6.07) is 34.6. The highest BCUT2D eigenvalue weighted by atomic mass is 127. The number of H-pyrrole nitrogens is 1. The van der Waals surface area contributed by atoms with E-state index >= 15 is 0 Å². The second-order valence-electron chi connectivity index (χ2n) is 7.19. The Bertz CT molecular complexity index is 1390. The molecule has 3 heteroatoms. The average molecular weight is 499 g/mol. The van der Waals surface area contributed by atoms with E-state index < -0.39 is 0 Å². The first-order valence-electron chi connectivity index (χ1n) is 9.78. The van der Waals surface area contributed by atoms with Gasteiger partial charge in [-0.3, -0.25) is 4.79 Å². The number of rotatable bonds is 3. The lowest BCUT2D eigenvalue weighted by Crippen LogP contribution is -2.10. The normalized spacial score (nSPS) is 11.0. The number of hydrogen-bond acceptors (Lipinski definition) is 1. The topological polar surface area (TPSA) is 32.9 Å². The van der Waals surface area contributed by atoms with Gasteiger partial charge < -0.3 is 4.98 Å². The molecule has 0 bridgehead atoms. The van der Waals surface area contributed by atoms with Gasteiger partial charge in [0, 0.05) is 10.9 Å². The predicted molar refractivity (Wildman–Crippen MR) is 134 cm³/mol. The molecule has 0 saturated carbocycles. The number of pyridine rings is 1. The molecule has 0 fully saturated rings. The largest absolute Gasteiger partial charge is 0.353 e. The first-order chi connectivity index (χ1) is 14.7. The van der Waals surface area contributed by atoms with Gasteiger partial charge in [-0.1, -0.05) is 91.0 Å². The number of aromatic nitrogens is 1. The van der Waals surface area contributed by atoms with Crippen LogP contribution in [0.4, 0.5) is 0 Å². The lowest BCUT2D eigenvalue weighted by atomic mass is 9.95. The van der Waals surface area contributed by atoms with Crippen LogP contribution in [0.5, 0.6) is 0 Å². The molecule has 0 amide bonds. The Morgan fingerprint density at radius 3 is 1.73 bits per heavy atom. The minimum atomic E-state index is 0.0539. The van der Waals surface area contributed by atoms with Crippen LogP contribution in [0.2, 0.25) is 0 Å². The van der Waals surface area contributed by atoms with Crippen LogP contribution in [0.1, 0.15) is 0 Å². The lowest BCUT2D eigenvalue weighted by molar-refractivity contribution is 1.35. The average Bonchev–Trinajstić information content (AvgIpc) is 2.82. The Hall–Kier alpha value is -3.18. The Labute approximate surface area is 188 Å². The fraction of sp³-hybridized carbons (Fsp3) is 0. The standard InChI is InChI=1S/C27H18INO/c28-24-25(20-14-8-3-9-15-20)29-26-22(19-12-6-2-7-13-19)16-21(17-23(26)27(24)30)18-10-4-1-5-11-18/h1-17H,(H,29,30). The highest BCUT2D eigenvalue weighted by Gasteiger charge is 2.16. The van der Waals surface area contributed by atoms with Crippen molar-refractivity contribution in [3.05, 3.63) is 117 Å². The molecule has 30 heavy (non-hydrogen) atoms. The summed E-state index contributed by atoms with van der Waals surface area (Å²) < 4.78 is 0.704. The molecular formula is C27H18INO. The smallest absolute Gasteiger partial charge is 0.203 e. The first kappa shape index (κ1) is 18.8. The van der Waals surface area contributed by atoms with Gasteiger partial charge in [0.05, 0.1) is 14.8 Å². The van der Waals surface area contributed by atoms with Crippen molar-refractivity contribution in [3.63, 3.8) is 0 Å². The van der Waals surface area contributed by atoms with Crippen LogP contribution in [0.25, 0.3) is 44.4 Å². The van der Waals surface area contributed by atoms with Crippen molar-refractivity contribution in [1.29, 1.82) is 0 Å². The third-order valence-electron chi connectivity index (χ3n) is 5.31. The van der Waals surface area contributed by atoms with E-state index in [2.05, 4.69) is 57.9 Å². The highest BCUT2D eigenvalue weighted by molar-refractivity contribution is 14.1. The number of aromatic amines is 1. The van der Waals surface area contributed by atoms with E-state index in [4.69, 9.17) is 0 Å². The summed E-state index contributed by atoms with van der Waals surface area (Å²) in [6.45, 7) is 0. The van der Waals surface area contributed by atoms with Crippen molar-refractivity contribution < 1.29 is 0 Å². The number of benzene rings is 4. The van der Waals surface area contributed by atoms with Crippen molar-refractivity contribution in [3.8, 4) is 33.5 Å². The van der Waals surface area contributed by atoms with E-state index in [1.807, 2.05) is 72.8 Å². The molecule has 144 valence electrons. The molecule has 0 saturated heterocycles. The number of fused-ring (bicyclic) bond motifs is 1. The minimum Gasteiger partial charge on any atom is -0.353 e. The summed E-state index contributed by atoms with van der Waals surface area (Å²) in [5.74, 6) is 0. The van der Waals surface area contributed by atoms with Gasteiger partial charge in [0.1, 0.15) is 0 Å². The molecule has 1 aromatic heterocycles. The molecule has 0 spiro atoms. The maximum Gasteiger partial charge on any atom is 0.203 e. The van der Waals surface area contributed by atoms with Gasteiger partial charge in [0.2, 0.25) is 5.43 Å². The van der Waals surface area contributed by atoms with E-state index in [0.717, 1.165) is 39.0 Å². The lowest BCUT2D eigenvalue weighted by Gasteiger charge is -2.14. The van der Waals surface area contributed by atoms with Crippen LogP contribution in [-0.2, 0) is 0 Å². The third-order valence-corrected chi connectivity index (χ3v) is 6.34. The summed E-state index contributed by atoms with van der Waals surface area (Å²) in [7, 11) is 0. The third kappa shape index (κ3) is 3.35. The van der Waals surface area contributed by atoms with Crippen LogP contribution < -0.4 is 5.43 Å².